The van der Waals surface area contributed by atoms with E-state index in [4.69, 9.17) is 14.7 Å². The van der Waals surface area contributed by atoms with Crippen molar-refractivity contribution >= 4 is 5.97 Å². The van der Waals surface area contributed by atoms with Gasteiger partial charge in [-0.25, -0.2) is 8.78 Å². The van der Waals surface area contributed by atoms with Crippen LogP contribution in [0, 0.1) is 46.6 Å². The molecule has 0 bridgehead atoms. The fourth-order valence-electron chi connectivity index (χ4n) is 7.01. The van der Waals surface area contributed by atoms with Crippen molar-refractivity contribution in [3.63, 3.8) is 0 Å². The number of hydrogen-bond acceptors (Lipinski definition) is 4. The summed E-state index contributed by atoms with van der Waals surface area (Å²) in [5.41, 5.74) is -0.661. The summed E-state index contributed by atoms with van der Waals surface area (Å²) in [4.78, 5) is 12.6. The van der Waals surface area contributed by atoms with E-state index in [0.29, 0.717) is 24.0 Å². The van der Waals surface area contributed by atoms with Crippen LogP contribution in [-0.2, 0) is 9.53 Å². The number of ether oxygens (including phenoxy) is 2. The van der Waals surface area contributed by atoms with Crippen LogP contribution in [-0.4, -0.2) is 18.2 Å². The zero-order valence-electron chi connectivity index (χ0n) is 22.4. The second-order valence-electron chi connectivity index (χ2n) is 11.7. The van der Waals surface area contributed by atoms with Crippen LogP contribution in [0.15, 0.2) is 12.1 Å². The predicted molar refractivity (Wildman–Crippen MR) is 139 cm³/mol. The highest BCUT2D eigenvalue weighted by Crippen LogP contribution is 2.42. The largest absolute Gasteiger partial charge is 0.426 e. The van der Waals surface area contributed by atoms with Crippen LogP contribution in [0.25, 0.3) is 0 Å². The molecule has 1 atom stereocenters. The van der Waals surface area contributed by atoms with Crippen molar-refractivity contribution in [2.45, 2.75) is 122 Å². The number of carbonyl (C=O) groups excluding carboxylic acids is 1. The van der Waals surface area contributed by atoms with E-state index in [-0.39, 0.29) is 11.7 Å². The van der Waals surface area contributed by atoms with Gasteiger partial charge in [0, 0.05) is 12.1 Å². The minimum Gasteiger partial charge on any atom is -0.426 e. The summed E-state index contributed by atoms with van der Waals surface area (Å²) in [5, 5.41) is 8.80. The van der Waals surface area contributed by atoms with Gasteiger partial charge in [-0.15, -0.1) is 0 Å². The lowest BCUT2D eigenvalue weighted by molar-refractivity contribution is -0.140. The van der Waals surface area contributed by atoms with Gasteiger partial charge in [-0.05, 0) is 88.4 Å². The van der Waals surface area contributed by atoms with Crippen LogP contribution in [0.1, 0.15) is 115 Å². The number of unbranched alkanes of at least 4 members (excludes halogenated alkanes) is 1. The van der Waals surface area contributed by atoms with Crippen LogP contribution in [0.3, 0.4) is 0 Å². The Kier molecular flexibility index (Phi) is 10.4. The maximum Gasteiger partial charge on any atom is 0.314 e. The van der Waals surface area contributed by atoms with Crippen molar-refractivity contribution in [3.05, 3.63) is 29.3 Å². The summed E-state index contributed by atoms with van der Waals surface area (Å²) in [7, 11) is 0. The van der Waals surface area contributed by atoms with Crippen LogP contribution in [0.5, 0.6) is 5.75 Å². The molecule has 3 aliphatic rings. The SMILES string of the molecule is CCCCC(OC1CCC(C2CCC(C(=O)Oc3cc(F)c(C#N)c(F)c3)CC2)CC1)C1CCCCC1. The molecule has 0 spiro atoms. The number of hydrogen-bond donors (Lipinski definition) is 0. The van der Waals surface area contributed by atoms with Gasteiger partial charge in [0.15, 0.2) is 0 Å². The Balaban J connectivity index is 1.21. The molecule has 0 N–H and O–H groups in total. The van der Waals surface area contributed by atoms with E-state index in [1.165, 1.54) is 70.3 Å². The normalized spacial score (nSPS) is 27.8. The molecule has 0 aromatic heterocycles. The van der Waals surface area contributed by atoms with E-state index >= 15 is 0 Å². The van der Waals surface area contributed by atoms with Gasteiger partial charge in [0.05, 0.1) is 18.1 Å². The topological polar surface area (TPSA) is 59.3 Å². The highest BCUT2D eigenvalue weighted by atomic mass is 19.1. The number of nitrogens with zero attached hydrogens (tertiary/aromatic N) is 1. The predicted octanol–water partition coefficient (Wildman–Crippen LogP) is 8.26. The van der Waals surface area contributed by atoms with E-state index in [1.54, 1.807) is 0 Å². The minimum atomic E-state index is -1.01. The van der Waals surface area contributed by atoms with Gasteiger partial charge in [-0.2, -0.15) is 5.26 Å². The number of esters is 1. The molecule has 204 valence electrons. The van der Waals surface area contributed by atoms with Crippen LogP contribution < -0.4 is 4.74 Å². The van der Waals surface area contributed by atoms with Gasteiger partial charge < -0.3 is 9.47 Å². The molecule has 1 unspecified atom stereocenters. The standard InChI is InChI=1S/C31H43F2NO3/c1-2-3-9-30(23-7-5-4-6-8-23)36-25-16-14-22(15-17-25)21-10-12-24(13-11-21)31(35)37-26-18-28(32)27(20-34)29(33)19-26/h18-19,21-25,30H,2-17H2,1H3. The first kappa shape index (κ1) is 28.0. The molecule has 0 radical (unpaired) electrons. The Morgan fingerprint density at radius 1 is 0.946 bits per heavy atom. The van der Waals surface area contributed by atoms with E-state index in [9.17, 15) is 13.6 Å². The Hall–Kier alpha value is -2.00. The average Bonchev–Trinajstić information content (AvgIpc) is 2.92. The summed E-state index contributed by atoms with van der Waals surface area (Å²) in [5.74, 6) is -0.790. The third-order valence-electron chi connectivity index (χ3n) is 9.22. The van der Waals surface area contributed by atoms with Gasteiger partial charge in [0.25, 0.3) is 0 Å². The van der Waals surface area contributed by atoms with Gasteiger partial charge in [0.1, 0.15) is 29.0 Å². The fourth-order valence-corrected chi connectivity index (χ4v) is 7.01. The fraction of sp³-hybridized carbons (Fsp3) is 0.742. The summed E-state index contributed by atoms with van der Waals surface area (Å²) >= 11 is 0. The van der Waals surface area contributed by atoms with E-state index < -0.39 is 23.2 Å². The van der Waals surface area contributed by atoms with E-state index in [0.717, 1.165) is 56.6 Å². The second kappa shape index (κ2) is 13.7. The molecule has 4 nitrogen and oxygen atoms in total. The maximum absolute atomic E-state index is 13.8. The smallest absolute Gasteiger partial charge is 0.314 e. The molecule has 37 heavy (non-hydrogen) atoms. The first-order chi connectivity index (χ1) is 18.0. The van der Waals surface area contributed by atoms with Gasteiger partial charge >= 0.3 is 5.97 Å². The molecule has 0 heterocycles. The molecule has 3 fully saturated rings. The summed E-state index contributed by atoms with van der Waals surface area (Å²) < 4.78 is 39.7. The molecule has 1 aromatic carbocycles. The maximum atomic E-state index is 13.8. The first-order valence-electron chi connectivity index (χ1n) is 14.7. The lowest BCUT2D eigenvalue weighted by Crippen LogP contribution is -2.35. The van der Waals surface area contributed by atoms with Crippen LogP contribution >= 0.6 is 0 Å². The van der Waals surface area contributed by atoms with Crippen molar-refractivity contribution in [2.24, 2.45) is 23.7 Å². The van der Waals surface area contributed by atoms with Crippen molar-refractivity contribution < 1.29 is 23.0 Å². The highest BCUT2D eigenvalue weighted by Gasteiger charge is 2.35. The van der Waals surface area contributed by atoms with Crippen LogP contribution in [0.2, 0.25) is 0 Å². The number of halogens is 2. The van der Waals surface area contributed by atoms with E-state index in [2.05, 4.69) is 6.92 Å². The Bertz CT molecular complexity index is 900. The summed E-state index contributed by atoms with van der Waals surface area (Å²) in [6.07, 6.45) is 19.5. The Labute approximate surface area is 221 Å². The first-order valence-corrected chi connectivity index (χ1v) is 14.7. The van der Waals surface area contributed by atoms with Gasteiger partial charge in [-0.3, -0.25) is 4.79 Å². The quantitative estimate of drug-likeness (QED) is 0.245. The number of nitriles is 1. The second-order valence-corrected chi connectivity index (χ2v) is 11.7. The molecular formula is C31H43F2NO3. The average molecular weight is 516 g/mol. The van der Waals surface area contributed by atoms with Crippen LogP contribution in [0.4, 0.5) is 8.78 Å². The number of rotatable bonds is 9. The molecule has 1 aromatic rings. The molecular weight excluding hydrogens is 472 g/mol. The third kappa shape index (κ3) is 7.53. The molecule has 0 amide bonds. The molecule has 3 aliphatic carbocycles. The van der Waals surface area contributed by atoms with Gasteiger partial charge in [-0.1, -0.05) is 39.0 Å². The van der Waals surface area contributed by atoms with Crippen molar-refractivity contribution in [1.82, 2.24) is 0 Å². The van der Waals surface area contributed by atoms with Crippen molar-refractivity contribution in [3.8, 4) is 11.8 Å². The van der Waals surface area contributed by atoms with Crippen molar-refractivity contribution in [2.75, 3.05) is 0 Å². The zero-order chi connectivity index (χ0) is 26.2. The third-order valence-corrected chi connectivity index (χ3v) is 9.22. The molecule has 0 saturated heterocycles. The zero-order valence-corrected chi connectivity index (χ0v) is 22.4. The van der Waals surface area contributed by atoms with Crippen molar-refractivity contribution in [1.29, 1.82) is 5.26 Å². The number of carbonyl (C=O) groups is 1. The molecule has 0 aliphatic heterocycles. The monoisotopic (exact) mass is 515 g/mol. The minimum absolute atomic E-state index is 0.176. The molecule has 3 saturated carbocycles. The number of benzene rings is 1. The lowest BCUT2D eigenvalue weighted by Gasteiger charge is -2.39. The lowest BCUT2D eigenvalue weighted by atomic mass is 9.70. The van der Waals surface area contributed by atoms with E-state index in [1.807, 2.05) is 0 Å². The highest BCUT2D eigenvalue weighted by molar-refractivity contribution is 5.75. The molecule has 6 heteroatoms. The molecule has 4 rings (SSSR count). The summed E-state index contributed by atoms with van der Waals surface area (Å²) in [6, 6.07) is 3.30. The summed E-state index contributed by atoms with van der Waals surface area (Å²) in [6.45, 7) is 2.27. The Morgan fingerprint density at radius 2 is 1.54 bits per heavy atom. The Morgan fingerprint density at radius 3 is 2.11 bits per heavy atom. The van der Waals surface area contributed by atoms with Gasteiger partial charge in [0.2, 0.25) is 0 Å².